The molecule has 1 fully saturated rings. The Morgan fingerprint density at radius 3 is 2.95 bits per heavy atom. The number of nitrogens with one attached hydrogen (secondary N) is 2. The van der Waals surface area contributed by atoms with Gasteiger partial charge < -0.3 is 10.1 Å². The number of halogens is 1. The Morgan fingerprint density at radius 1 is 1.50 bits per heavy atom. The minimum absolute atomic E-state index is 0.281. The number of anilines is 2. The summed E-state index contributed by atoms with van der Waals surface area (Å²) in [4.78, 5) is 25.3. The first-order chi connectivity index (χ1) is 10.6. The number of rotatable bonds is 3. The van der Waals surface area contributed by atoms with Crippen molar-refractivity contribution in [3.05, 3.63) is 40.1 Å². The lowest BCUT2D eigenvalue weighted by Gasteiger charge is -2.14. The van der Waals surface area contributed by atoms with Crippen molar-refractivity contribution in [2.75, 3.05) is 23.4 Å². The largest absolute Gasteiger partial charge is 0.447 e. The zero-order chi connectivity index (χ0) is 15.7. The van der Waals surface area contributed by atoms with Crippen LogP contribution < -0.4 is 10.2 Å². The lowest BCUT2D eigenvalue weighted by Crippen LogP contribution is -2.23. The minimum atomic E-state index is -0.380. The number of cyclic esters (lactones) is 1. The number of aromatic nitrogens is 2. The van der Waals surface area contributed by atoms with Crippen molar-refractivity contribution in [1.82, 2.24) is 10.2 Å². The van der Waals surface area contributed by atoms with Crippen LogP contribution in [0.5, 0.6) is 0 Å². The van der Waals surface area contributed by atoms with Gasteiger partial charge in [-0.25, -0.2) is 4.79 Å². The molecule has 8 heteroatoms. The number of hydrogen-bond acceptors (Lipinski definition) is 4. The second-order valence-corrected chi connectivity index (χ2v) is 5.57. The van der Waals surface area contributed by atoms with Crippen molar-refractivity contribution in [3.8, 4) is 0 Å². The molecule has 0 saturated carbocycles. The van der Waals surface area contributed by atoms with Gasteiger partial charge in [-0.05, 0) is 41.1 Å². The number of benzene rings is 1. The molecule has 1 aliphatic heterocycles. The van der Waals surface area contributed by atoms with Gasteiger partial charge >= 0.3 is 6.09 Å². The molecule has 2 N–H and O–H groups in total. The van der Waals surface area contributed by atoms with Gasteiger partial charge in [0.1, 0.15) is 6.61 Å². The van der Waals surface area contributed by atoms with E-state index in [9.17, 15) is 9.59 Å². The number of aryl methyl sites for hydroxylation is 1. The standard InChI is InChI=1S/C14H13BrN4O3/c1-8-11(15)12(18-17-8)13(20)16-9-3-2-4-10(7-9)19-5-6-22-14(19)21/h2-4,7H,5-6H2,1H3,(H,16,20)(H,17,18). The van der Waals surface area contributed by atoms with Gasteiger partial charge in [0.25, 0.3) is 5.91 Å². The molecule has 0 unspecified atom stereocenters. The predicted molar refractivity (Wildman–Crippen MR) is 84.1 cm³/mol. The molecule has 7 nitrogen and oxygen atoms in total. The van der Waals surface area contributed by atoms with E-state index in [0.717, 1.165) is 5.69 Å². The second kappa shape index (κ2) is 5.80. The smallest absolute Gasteiger partial charge is 0.414 e. The van der Waals surface area contributed by atoms with E-state index in [1.54, 1.807) is 24.3 Å². The van der Waals surface area contributed by atoms with Crippen LogP contribution >= 0.6 is 15.9 Å². The van der Waals surface area contributed by atoms with Crippen LogP contribution in [0.25, 0.3) is 0 Å². The molecule has 3 rings (SSSR count). The quantitative estimate of drug-likeness (QED) is 0.876. The summed E-state index contributed by atoms with van der Waals surface area (Å²) in [5.74, 6) is -0.336. The normalized spacial score (nSPS) is 14.1. The number of ether oxygens (including phenoxy) is 1. The molecule has 1 aromatic heterocycles. The molecule has 2 heterocycles. The van der Waals surface area contributed by atoms with Crippen LogP contribution in [-0.2, 0) is 4.74 Å². The molecule has 2 aromatic rings. The molecule has 0 spiro atoms. The van der Waals surface area contributed by atoms with E-state index in [-0.39, 0.29) is 17.7 Å². The van der Waals surface area contributed by atoms with Crippen LogP contribution in [0.4, 0.5) is 16.2 Å². The minimum Gasteiger partial charge on any atom is -0.447 e. The van der Waals surface area contributed by atoms with E-state index in [0.29, 0.717) is 29.0 Å². The number of carbonyl (C=O) groups is 2. The lowest BCUT2D eigenvalue weighted by atomic mass is 10.2. The number of hydrogen-bond donors (Lipinski definition) is 2. The third kappa shape index (κ3) is 2.69. The van der Waals surface area contributed by atoms with E-state index in [1.807, 2.05) is 6.92 Å². The fourth-order valence-electron chi connectivity index (χ4n) is 2.14. The van der Waals surface area contributed by atoms with Crippen molar-refractivity contribution in [1.29, 1.82) is 0 Å². The van der Waals surface area contributed by atoms with Gasteiger partial charge in [-0.15, -0.1) is 0 Å². The molecule has 0 atom stereocenters. The number of amides is 2. The van der Waals surface area contributed by atoms with Crippen molar-refractivity contribution >= 4 is 39.3 Å². The summed E-state index contributed by atoms with van der Waals surface area (Å²) in [6.07, 6.45) is -0.380. The summed E-state index contributed by atoms with van der Waals surface area (Å²) < 4.78 is 5.54. The van der Waals surface area contributed by atoms with Gasteiger partial charge in [0.2, 0.25) is 0 Å². The molecule has 1 saturated heterocycles. The summed E-state index contributed by atoms with van der Waals surface area (Å²) in [5.41, 5.74) is 2.31. The number of aromatic amines is 1. The van der Waals surface area contributed by atoms with E-state index >= 15 is 0 Å². The van der Waals surface area contributed by atoms with Gasteiger partial charge in [0.05, 0.1) is 11.0 Å². The Morgan fingerprint density at radius 2 is 2.32 bits per heavy atom. The van der Waals surface area contributed by atoms with Gasteiger partial charge in [0.15, 0.2) is 5.69 Å². The topological polar surface area (TPSA) is 87.3 Å². The maximum Gasteiger partial charge on any atom is 0.414 e. The molecule has 1 aromatic carbocycles. The van der Waals surface area contributed by atoms with E-state index in [2.05, 4.69) is 31.4 Å². The van der Waals surface area contributed by atoms with Gasteiger partial charge in [-0.3, -0.25) is 14.8 Å². The third-order valence-electron chi connectivity index (χ3n) is 3.26. The highest BCUT2D eigenvalue weighted by Gasteiger charge is 2.24. The number of carbonyl (C=O) groups excluding carboxylic acids is 2. The average molecular weight is 365 g/mol. The second-order valence-electron chi connectivity index (χ2n) is 4.78. The van der Waals surface area contributed by atoms with Crippen LogP contribution in [0.3, 0.4) is 0 Å². The molecule has 0 radical (unpaired) electrons. The predicted octanol–water partition coefficient (Wildman–Crippen LogP) is 2.69. The lowest BCUT2D eigenvalue weighted by molar-refractivity contribution is 0.102. The Hall–Kier alpha value is -2.35. The molecular weight excluding hydrogens is 352 g/mol. The Bertz CT molecular complexity index is 743. The first-order valence-electron chi connectivity index (χ1n) is 6.62. The van der Waals surface area contributed by atoms with Crippen molar-refractivity contribution in [3.63, 3.8) is 0 Å². The van der Waals surface area contributed by atoms with E-state index in [1.165, 1.54) is 4.90 Å². The van der Waals surface area contributed by atoms with Crippen LogP contribution in [0, 0.1) is 6.92 Å². The molecular formula is C14H13BrN4O3. The van der Waals surface area contributed by atoms with Gasteiger partial charge in [-0.2, -0.15) is 5.10 Å². The van der Waals surface area contributed by atoms with Crippen LogP contribution in [0.1, 0.15) is 16.2 Å². The number of H-pyrrole nitrogens is 1. The Kier molecular flexibility index (Phi) is 3.84. The molecule has 0 aliphatic carbocycles. The molecule has 0 bridgehead atoms. The average Bonchev–Trinajstić information content (AvgIpc) is 3.06. The van der Waals surface area contributed by atoms with Crippen LogP contribution in [-0.4, -0.2) is 35.3 Å². The third-order valence-corrected chi connectivity index (χ3v) is 4.23. The van der Waals surface area contributed by atoms with Crippen molar-refractivity contribution in [2.45, 2.75) is 6.92 Å². The van der Waals surface area contributed by atoms with Crippen LogP contribution in [0.2, 0.25) is 0 Å². The van der Waals surface area contributed by atoms with E-state index < -0.39 is 0 Å². The fourth-order valence-corrected chi connectivity index (χ4v) is 2.49. The Labute approximate surface area is 134 Å². The number of nitrogens with zero attached hydrogens (tertiary/aromatic N) is 2. The first kappa shape index (κ1) is 14.6. The highest BCUT2D eigenvalue weighted by molar-refractivity contribution is 9.10. The molecule has 22 heavy (non-hydrogen) atoms. The summed E-state index contributed by atoms with van der Waals surface area (Å²) in [6, 6.07) is 7.02. The molecule has 1 aliphatic rings. The maximum absolute atomic E-state index is 12.2. The highest BCUT2D eigenvalue weighted by atomic mass is 79.9. The van der Waals surface area contributed by atoms with Crippen molar-refractivity contribution in [2.24, 2.45) is 0 Å². The molecule has 2 amide bonds. The van der Waals surface area contributed by atoms with Crippen molar-refractivity contribution < 1.29 is 14.3 Å². The SMILES string of the molecule is Cc1[nH]nc(C(=O)Nc2cccc(N3CCOC3=O)c2)c1Br. The maximum atomic E-state index is 12.2. The first-order valence-corrected chi connectivity index (χ1v) is 7.42. The summed E-state index contributed by atoms with van der Waals surface area (Å²) >= 11 is 3.32. The van der Waals surface area contributed by atoms with E-state index in [4.69, 9.17) is 4.74 Å². The highest BCUT2D eigenvalue weighted by Crippen LogP contribution is 2.24. The zero-order valence-corrected chi connectivity index (χ0v) is 13.3. The summed E-state index contributed by atoms with van der Waals surface area (Å²) in [5, 5.41) is 9.45. The van der Waals surface area contributed by atoms with Crippen LogP contribution in [0.15, 0.2) is 28.7 Å². The monoisotopic (exact) mass is 364 g/mol. The fraction of sp³-hybridized carbons (Fsp3) is 0.214. The van der Waals surface area contributed by atoms with Gasteiger partial charge in [0, 0.05) is 17.1 Å². The molecule has 114 valence electrons. The summed E-state index contributed by atoms with van der Waals surface area (Å²) in [6.45, 7) is 2.68. The van der Waals surface area contributed by atoms with Gasteiger partial charge in [-0.1, -0.05) is 6.07 Å². The Balaban J connectivity index is 1.79. The summed E-state index contributed by atoms with van der Waals surface area (Å²) in [7, 11) is 0. The zero-order valence-electron chi connectivity index (χ0n) is 11.7.